The quantitative estimate of drug-likeness (QED) is 0.782. The number of amides is 1. The van der Waals surface area contributed by atoms with Gasteiger partial charge in [-0.1, -0.05) is 6.07 Å². The van der Waals surface area contributed by atoms with Crippen molar-refractivity contribution >= 4 is 11.6 Å². The molecule has 1 heterocycles. The molecule has 0 N–H and O–H groups in total. The summed E-state index contributed by atoms with van der Waals surface area (Å²) in [7, 11) is 1.54. The van der Waals surface area contributed by atoms with Crippen molar-refractivity contribution in [1.29, 1.82) is 0 Å². The van der Waals surface area contributed by atoms with Crippen molar-refractivity contribution in [3.63, 3.8) is 0 Å². The Balaban J connectivity index is 2.34. The van der Waals surface area contributed by atoms with Gasteiger partial charge < -0.3 is 9.64 Å². The first kappa shape index (κ1) is 15.4. The van der Waals surface area contributed by atoms with E-state index in [9.17, 15) is 18.0 Å². The highest BCUT2D eigenvalue weighted by molar-refractivity contribution is 6.02. The van der Waals surface area contributed by atoms with E-state index in [4.69, 9.17) is 4.74 Å². The summed E-state index contributed by atoms with van der Waals surface area (Å²) in [6.45, 7) is 0.404. The molecule has 0 bridgehead atoms. The molecule has 21 heavy (non-hydrogen) atoms. The van der Waals surface area contributed by atoms with Crippen LogP contribution in [-0.4, -0.2) is 25.7 Å². The Kier molecular flexibility index (Phi) is 4.55. The molecule has 3 nitrogen and oxygen atoms in total. The number of carbonyl (C=O) groups excluding carboxylic acids is 1. The first-order valence-corrected chi connectivity index (χ1v) is 6.66. The Morgan fingerprint density at radius 1 is 1.33 bits per heavy atom. The second-order valence-electron chi connectivity index (χ2n) is 4.78. The minimum atomic E-state index is -4.49. The lowest BCUT2D eigenvalue weighted by molar-refractivity contribution is -0.115. The molecule has 1 amide bonds. The van der Waals surface area contributed by atoms with Gasteiger partial charge in [-0.25, -0.2) is 0 Å². The normalized spacial score (nSPS) is 15.7. The van der Waals surface area contributed by atoms with Gasteiger partial charge in [0.15, 0.2) is 0 Å². The van der Waals surface area contributed by atoms with Crippen LogP contribution in [0, 0.1) is 0 Å². The number of anilines is 1. The van der Waals surface area contributed by atoms with E-state index in [1.165, 1.54) is 12.0 Å². The molecule has 0 atom stereocenters. The number of nitrogens with zero attached hydrogens (tertiary/aromatic N) is 1. The molecule has 0 fully saturated rings. The Labute approximate surface area is 121 Å². The SMILES string of the molecule is COc1cccc2c1CCCCN2C(=O)/C=C/C(F)(F)F. The van der Waals surface area contributed by atoms with Gasteiger partial charge in [-0.2, -0.15) is 13.2 Å². The van der Waals surface area contributed by atoms with Gasteiger partial charge in [0.1, 0.15) is 5.75 Å². The van der Waals surface area contributed by atoms with Gasteiger partial charge >= 0.3 is 6.18 Å². The molecule has 6 heteroatoms. The molecule has 0 spiro atoms. The van der Waals surface area contributed by atoms with Crippen LogP contribution in [0.25, 0.3) is 0 Å². The van der Waals surface area contributed by atoms with E-state index in [2.05, 4.69) is 0 Å². The van der Waals surface area contributed by atoms with Gasteiger partial charge in [-0.05, 0) is 31.4 Å². The van der Waals surface area contributed by atoms with Gasteiger partial charge in [0, 0.05) is 24.3 Å². The van der Waals surface area contributed by atoms with Crippen LogP contribution in [0.2, 0.25) is 0 Å². The highest BCUT2D eigenvalue weighted by Gasteiger charge is 2.25. The standard InChI is InChI=1S/C15H16F3NO2/c1-21-13-7-4-6-12-11(13)5-2-3-10-19(12)14(20)8-9-15(16,17)18/h4,6-9H,2-3,5,10H2,1H3/b9-8+. The van der Waals surface area contributed by atoms with Gasteiger partial charge in [0.2, 0.25) is 0 Å². The average Bonchev–Trinajstić information content (AvgIpc) is 2.66. The fraction of sp³-hybridized carbons (Fsp3) is 0.400. The Morgan fingerprint density at radius 2 is 2.10 bits per heavy atom. The molecule has 0 aromatic heterocycles. The Hall–Kier alpha value is -1.98. The third-order valence-corrected chi connectivity index (χ3v) is 3.36. The maximum absolute atomic E-state index is 12.2. The summed E-state index contributed by atoms with van der Waals surface area (Å²) in [6.07, 6.45) is -1.59. The zero-order chi connectivity index (χ0) is 15.5. The van der Waals surface area contributed by atoms with E-state index in [0.29, 0.717) is 24.1 Å². The van der Waals surface area contributed by atoms with Gasteiger partial charge in [-0.3, -0.25) is 4.79 Å². The number of fused-ring (bicyclic) bond motifs is 1. The maximum atomic E-state index is 12.2. The first-order valence-electron chi connectivity index (χ1n) is 6.66. The molecule has 0 saturated carbocycles. The van der Waals surface area contributed by atoms with Crippen molar-refractivity contribution < 1.29 is 22.7 Å². The minimum Gasteiger partial charge on any atom is -0.496 e. The lowest BCUT2D eigenvalue weighted by atomic mass is 10.1. The molecule has 2 rings (SSSR count). The number of rotatable bonds is 2. The fourth-order valence-corrected chi connectivity index (χ4v) is 2.43. The molecule has 1 aliphatic heterocycles. The van der Waals surface area contributed by atoms with Crippen molar-refractivity contribution in [2.75, 3.05) is 18.6 Å². The predicted molar refractivity (Wildman–Crippen MR) is 73.5 cm³/mol. The van der Waals surface area contributed by atoms with Crippen LogP contribution in [-0.2, 0) is 11.2 Å². The van der Waals surface area contributed by atoms with Gasteiger partial charge in [0.05, 0.1) is 12.8 Å². The first-order chi connectivity index (χ1) is 9.92. The molecule has 0 saturated heterocycles. The summed E-state index contributed by atoms with van der Waals surface area (Å²) in [5.74, 6) is -0.00395. The summed E-state index contributed by atoms with van der Waals surface area (Å²) in [5.41, 5.74) is 1.50. The number of benzene rings is 1. The molecular weight excluding hydrogens is 283 g/mol. The molecule has 0 unspecified atom stereocenters. The number of allylic oxidation sites excluding steroid dienone is 1. The van der Waals surface area contributed by atoms with Crippen LogP contribution in [0.1, 0.15) is 18.4 Å². The third-order valence-electron chi connectivity index (χ3n) is 3.36. The zero-order valence-electron chi connectivity index (χ0n) is 11.6. The highest BCUT2D eigenvalue weighted by atomic mass is 19.4. The molecule has 1 aliphatic rings. The lowest BCUT2D eigenvalue weighted by Crippen LogP contribution is -2.30. The molecule has 114 valence electrons. The van der Waals surface area contributed by atoms with Crippen LogP contribution >= 0.6 is 0 Å². The average molecular weight is 299 g/mol. The largest absolute Gasteiger partial charge is 0.496 e. The van der Waals surface area contributed by atoms with Crippen molar-refractivity contribution in [3.05, 3.63) is 35.9 Å². The van der Waals surface area contributed by atoms with Gasteiger partial charge in [-0.15, -0.1) is 0 Å². The van der Waals surface area contributed by atoms with E-state index in [-0.39, 0.29) is 6.08 Å². The topological polar surface area (TPSA) is 29.5 Å². The predicted octanol–water partition coefficient (Wildman–Crippen LogP) is 3.48. The monoisotopic (exact) mass is 299 g/mol. The lowest BCUT2D eigenvalue weighted by Gasteiger charge is -2.22. The summed E-state index contributed by atoms with van der Waals surface area (Å²) >= 11 is 0. The van der Waals surface area contributed by atoms with E-state index in [1.807, 2.05) is 0 Å². The van der Waals surface area contributed by atoms with Crippen LogP contribution in [0.15, 0.2) is 30.4 Å². The summed E-state index contributed by atoms with van der Waals surface area (Å²) in [5, 5.41) is 0. The molecule has 1 aromatic carbocycles. The van der Waals surface area contributed by atoms with Crippen molar-refractivity contribution in [1.82, 2.24) is 0 Å². The van der Waals surface area contributed by atoms with E-state index in [1.54, 1.807) is 18.2 Å². The van der Waals surface area contributed by atoms with E-state index in [0.717, 1.165) is 24.8 Å². The number of ether oxygens (including phenoxy) is 1. The highest BCUT2D eigenvalue weighted by Crippen LogP contribution is 2.33. The summed E-state index contributed by atoms with van der Waals surface area (Å²) in [4.78, 5) is 13.4. The number of hydrogen-bond donors (Lipinski definition) is 0. The number of halogens is 3. The molecule has 0 aliphatic carbocycles. The van der Waals surface area contributed by atoms with Gasteiger partial charge in [0.25, 0.3) is 5.91 Å². The number of alkyl halides is 3. The summed E-state index contributed by atoms with van der Waals surface area (Å²) < 4.78 is 41.9. The molecular formula is C15H16F3NO2. The van der Waals surface area contributed by atoms with Crippen LogP contribution < -0.4 is 9.64 Å². The third kappa shape index (κ3) is 3.77. The number of carbonyl (C=O) groups is 1. The smallest absolute Gasteiger partial charge is 0.409 e. The van der Waals surface area contributed by atoms with E-state index >= 15 is 0 Å². The number of methoxy groups -OCH3 is 1. The molecule has 1 aromatic rings. The maximum Gasteiger partial charge on any atom is 0.409 e. The van der Waals surface area contributed by atoms with Crippen LogP contribution in [0.4, 0.5) is 18.9 Å². The van der Waals surface area contributed by atoms with Crippen molar-refractivity contribution in [2.45, 2.75) is 25.4 Å². The van der Waals surface area contributed by atoms with Crippen LogP contribution in [0.5, 0.6) is 5.75 Å². The second-order valence-corrected chi connectivity index (χ2v) is 4.78. The number of hydrogen-bond acceptors (Lipinski definition) is 2. The Bertz CT molecular complexity index is 552. The molecule has 0 radical (unpaired) electrons. The second kappa shape index (κ2) is 6.20. The summed E-state index contributed by atoms with van der Waals surface area (Å²) in [6, 6.07) is 5.26. The zero-order valence-corrected chi connectivity index (χ0v) is 11.6. The van der Waals surface area contributed by atoms with Crippen molar-refractivity contribution in [2.24, 2.45) is 0 Å². The van der Waals surface area contributed by atoms with Crippen LogP contribution in [0.3, 0.4) is 0 Å². The Morgan fingerprint density at radius 3 is 2.76 bits per heavy atom. The fourth-order valence-electron chi connectivity index (χ4n) is 2.43. The minimum absolute atomic E-state index is 0.0277. The van der Waals surface area contributed by atoms with E-state index < -0.39 is 12.1 Å². The van der Waals surface area contributed by atoms with Crippen molar-refractivity contribution in [3.8, 4) is 5.75 Å².